The summed E-state index contributed by atoms with van der Waals surface area (Å²) in [6.07, 6.45) is 0. The van der Waals surface area contributed by atoms with E-state index in [1.165, 1.54) is 0 Å². The molecule has 6 nitrogen and oxygen atoms in total. The number of hydrogen-bond acceptors (Lipinski definition) is 4. The number of benzene rings is 2. The lowest BCUT2D eigenvalue weighted by atomic mass is 10.1. The summed E-state index contributed by atoms with van der Waals surface area (Å²) < 4.78 is 31.5. The van der Waals surface area contributed by atoms with Gasteiger partial charge in [0.1, 0.15) is 17.1 Å². The van der Waals surface area contributed by atoms with E-state index in [2.05, 4.69) is 15.9 Å². The highest BCUT2D eigenvalue weighted by Crippen LogP contribution is 2.36. The van der Waals surface area contributed by atoms with Crippen LogP contribution in [0.25, 0.3) is 0 Å². The molecule has 0 radical (unpaired) electrons. The second-order valence-electron chi connectivity index (χ2n) is 4.04. The van der Waals surface area contributed by atoms with E-state index in [9.17, 15) is 23.7 Å². The normalized spacial score (nSPS) is 10.3. The lowest BCUT2D eigenvalue weighted by Gasteiger charge is -2.10. The molecule has 0 amide bonds. The van der Waals surface area contributed by atoms with E-state index in [-0.39, 0.29) is 16.0 Å². The molecule has 0 unspecified atom stereocenters. The number of hydrogen-bond donors (Lipinski definition) is 1. The SMILES string of the molecule is O=C(O)c1cc(Oc2ccc(F)cc2F)c(Br)cc1[N+](=O)[O-]. The first-order chi connectivity index (χ1) is 10.3. The number of rotatable bonds is 4. The Morgan fingerprint density at radius 1 is 1.23 bits per heavy atom. The monoisotopic (exact) mass is 373 g/mol. The molecule has 2 aromatic rings. The molecule has 0 bridgehead atoms. The van der Waals surface area contributed by atoms with Crippen molar-refractivity contribution in [2.24, 2.45) is 0 Å². The zero-order valence-corrected chi connectivity index (χ0v) is 12.1. The number of carbonyl (C=O) groups is 1. The molecule has 0 spiro atoms. The standard InChI is InChI=1S/C13H6BrF2NO5/c14-8-5-10(17(20)21)7(13(18)19)4-12(8)22-11-2-1-6(15)3-9(11)16/h1-5H,(H,18,19). The predicted molar refractivity (Wildman–Crippen MR) is 74.2 cm³/mol. The minimum absolute atomic E-state index is 0.0490. The third-order valence-corrected chi connectivity index (χ3v) is 3.21. The molecule has 0 fully saturated rings. The molecule has 0 aliphatic carbocycles. The van der Waals surface area contributed by atoms with Crippen LogP contribution in [0.4, 0.5) is 14.5 Å². The van der Waals surface area contributed by atoms with Crippen molar-refractivity contribution in [2.45, 2.75) is 0 Å². The lowest BCUT2D eigenvalue weighted by molar-refractivity contribution is -0.385. The Morgan fingerprint density at radius 2 is 1.91 bits per heavy atom. The number of nitro groups is 1. The van der Waals surface area contributed by atoms with Gasteiger partial charge in [-0.3, -0.25) is 10.1 Å². The third-order valence-electron chi connectivity index (χ3n) is 2.59. The number of carboxylic acids is 1. The van der Waals surface area contributed by atoms with Crippen LogP contribution in [0, 0.1) is 21.7 Å². The van der Waals surface area contributed by atoms with Crippen molar-refractivity contribution in [2.75, 3.05) is 0 Å². The van der Waals surface area contributed by atoms with Crippen LogP contribution in [0.2, 0.25) is 0 Å². The average Bonchev–Trinajstić information content (AvgIpc) is 2.42. The molecule has 9 heteroatoms. The number of halogens is 3. The van der Waals surface area contributed by atoms with Crippen LogP contribution < -0.4 is 4.74 Å². The second kappa shape index (κ2) is 6.06. The second-order valence-corrected chi connectivity index (χ2v) is 4.89. The van der Waals surface area contributed by atoms with Gasteiger partial charge in [0.15, 0.2) is 11.6 Å². The van der Waals surface area contributed by atoms with Crippen LogP contribution >= 0.6 is 15.9 Å². The summed E-state index contributed by atoms with van der Waals surface area (Å²) >= 11 is 2.98. The van der Waals surface area contributed by atoms with Gasteiger partial charge in [-0.2, -0.15) is 0 Å². The summed E-state index contributed by atoms with van der Waals surface area (Å²) in [5.41, 5.74) is -1.27. The van der Waals surface area contributed by atoms with Crippen molar-refractivity contribution >= 4 is 27.6 Å². The van der Waals surface area contributed by atoms with Crippen molar-refractivity contribution in [3.63, 3.8) is 0 Å². The van der Waals surface area contributed by atoms with Crippen molar-refractivity contribution in [1.82, 2.24) is 0 Å². The van der Waals surface area contributed by atoms with Gasteiger partial charge in [-0.05, 0) is 28.1 Å². The predicted octanol–water partition coefficient (Wildman–Crippen LogP) is 4.13. The molecule has 0 heterocycles. The molecule has 22 heavy (non-hydrogen) atoms. The van der Waals surface area contributed by atoms with Crippen molar-refractivity contribution in [3.05, 3.63) is 62.1 Å². The molecule has 1 N–H and O–H groups in total. The fraction of sp³-hybridized carbons (Fsp3) is 0. The number of nitrogens with zero attached hydrogens (tertiary/aromatic N) is 1. The van der Waals surface area contributed by atoms with Crippen LogP contribution in [0.1, 0.15) is 10.4 Å². The molecule has 0 aromatic heterocycles. The Hall–Kier alpha value is -2.55. The number of aromatic carboxylic acids is 1. The van der Waals surface area contributed by atoms with Gasteiger partial charge >= 0.3 is 5.97 Å². The maximum atomic E-state index is 13.5. The Morgan fingerprint density at radius 3 is 2.45 bits per heavy atom. The molecule has 0 saturated carbocycles. The first-order valence-electron chi connectivity index (χ1n) is 5.63. The van der Waals surface area contributed by atoms with E-state index in [4.69, 9.17) is 9.84 Å². The maximum absolute atomic E-state index is 13.5. The highest BCUT2D eigenvalue weighted by Gasteiger charge is 2.23. The molecule has 2 aromatic carbocycles. The first kappa shape index (κ1) is 15.8. The highest BCUT2D eigenvalue weighted by molar-refractivity contribution is 9.10. The van der Waals surface area contributed by atoms with Crippen molar-refractivity contribution in [1.29, 1.82) is 0 Å². The smallest absolute Gasteiger partial charge is 0.342 e. The van der Waals surface area contributed by atoms with E-state index < -0.39 is 33.8 Å². The Labute approximate surface area is 130 Å². The molecule has 2 rings (SSSR count). The third kappa shape index (κ3) is 3.19. The summed E-state index contributed by atoms with van der Waals surface area (Å²) in [5.74, 6) is -3.86. The van der Waals surface area contributed by atoms with Crippen LogP contribution in [-0.2, 0) is 0 Å². The van der Waals surface area contributed by atoms with E-state index in [1.54, 1.807) is 0 Å². The fourth-order valence-electron chi connectivity index (χ4n) is 1.62. The summed E-state index contributed by atoms with van der Waals surface area (Å²) in [6, 6.07) is 4.37. The molecule has 114 valence electrons. The van der Waals surface area contributed by atoms with Gasteiger partial charge in [-0.25, -0.2) is 13.6 Å². The zero-order valence-electron chi connectivity index (χ0n) is 10.5. The van der Waals surface area contributed by atoms with Gasteiger partial charge in [-0.1, -0.05) is 0 Å². The molecular weight excluding hydrogens is 368 g/mol. The Balaban J connectivity index is 2.49. The molecule has 0 aliphatic rings. The fourth-order valence-corrected chi connectivity index (χ4v) is 2.03. The quantitative estimate of drug-likeness (QED) is 0.642. The largest absolute Gasteiger partial charge is 0.477 e. The van der Waals surface area contributed by atoms with Crippen LogP contribution in [0.15, 0.2) is 34.8 Å². The number of ether oxygens (including phenoxy) is 1. The Bertz CT molecular complexity index is 781. The van der Waals surface area contributed by atoms with Gasteiger partial charge in [-0.15, -0.1) is 0 Å². The van der Waals surface area contributed by atoms with Crippen molar-refractivity contribution in [3.8, 4) is 11.5 Å². The molecule has 0 saturated heterocycles. The van der Waals surface area contributed by atoms with E-state index in [0.717, 1.165) is 24.3 Å². The average molecular weight is 374 g/mol. The summed E-state index contributed by atoms with van der Waals surface area (Å²) in [4.78, 5) is 21.0. The summed E-state index contributed by atoms with van der Waals surface area (Å²) in [6.45, 7) is 0. The van der Waals surface area contributed by atoms with E-state index in [1.807, 2.05) is 0 Å². The highest BCUT2D eigenvalue weighted by atomic mass is 79.9. The topological polar surface area (TPSA) is 89.7 Å². The minimum atomic E-state index is -1.54. The van der Waals surface area contributed by atoms with Gasteiger partial charge in [0, 0.05) is 18.2 Å². The van der Waals surface area contributed by atoms with Gasteiger partial charge in [0.05, 0.1) is 9.40 Å². The van der Waals surface area contributed by atoms with E-state index in [0.29, 0.717) is 6.07 Å². The van der Waals surface area contributed by atoms with Gasteiger partial charge < -0.3 is 9.84 Å². The van der Waals surface area contributed by atoms with Crippen molar-refractivity contribution < 1.29 is 28.3 Å². The minimum Gasteiger partial charge on any atom is -0.477 e. The number of nitro benzene ring substituents is 1. The molecule has 0 atom stereocenters. The summed E-state index contributed by atoms with van der Waals surface area (Å²) in [5, 5.41) is 19.8. The van der Waals surface area contributed by atoms with Gasteiger partial charge in [0.2, 0.25) is 0 Å². The van der Waals surface area contributed by atoms with Crippen LogP contribution in [-0.4, -0.2) is 16.0 Å². The Kier molecular flexibility index (Phi) is 4.36. The molecular formula is C13H6BrF2NO5. The van der Waals surface area contributed by atoms with Crippen LogP contribution in [0.3, 0.4) is 0 Å². The number of carboxylic acid groups (broad SMARTS) is 1. The molecule has 0 aliphatic heterocycles. The maximum Gasteiger partial charge on any atom is 0.342 e. The summed E-state index contributed by atoms with van der Waals surface area (Å²) in [7, 11) is 0. The van der Waals surface area contributed by atoms with Gasteiger partial charge in [0.25, 0.3) is 5.69 Å². The first-order valence-corrected chi connectivity index (χ1v) is 6.43. The van der Waals surface area contributed by atoms with E-state index >= 15 is 0 Å². The lowest BCUT2D eigenvalue weighted by Crippen LogP contribution is -2.03. The van der Waals surface area contributed by atoms with Crippen LogP contribution in [0.5, 0.6) is 11.5 Å². The zero-order chi connectivity index (χ0) is 16.4.